The van der Waals surface area contributed by atoms with Gasteiger partial charge in [-0.2, -0.15) is 13.2 Å². The van der Waals surface area contributed by atoms with Crippen molar-refractivity contribution in [2.45, 2.75) is 44.1 Å². The average molecular weight is 456 g/mol. The van der Waals surface area contributed by atoms with Crippen LogP contribution in [0.4, 0.5) is 22.0 Å². The highest BCUT2D eigenvalue weighted by Gasteiger charge is 2.48. The van der Waals surface area contributed by atoms with Gasteiger partial charge >= 0.3 is 12.1 Å². The van der Waals surface area contributed by atoms with Crippen LogP contribution in [-0.4, -0.2) is 40.4 Å². The molecule has 10 heteroatoms. The highest BCUT2D eigenvalue weighted by molar-refractivity contribution is 5.87. The van der Waals surface area contributed by atoms with E-state index >= 15 is 0 Å². The molecule has 3 rings (SSSR count). The Bertz CT molecular complexity index is 975. The highest BCUT2D eigenvalue weighted by Crippen LogP contribution is 2.34. The van der Waals surface area contributed by atoms with Gasteiger partial charge in [-0.15, -0.1) is 0 Å². The molecule has 1 aliphatic heterocycles. The first kappa shape index (κ1) is 23.6. The first-order valence-electron chi connectivity index (χ1n) is 9.77. The standard InChI is InChI=1S/C22H21F5N2O3/c1-13(15-4-6-16(7-5-15)20(31)32)28-19(30)18-10-21(23,24)12-29(18)11-14-2-8-17(9-3-14)22(25,26)27/h2-9,13,18H,10-12H2,1H3,(H,28,30)(H,31,32)/t13-,18?/m0/s1. The van der Waals surface area contributed by atoms with E-state index in [0.29, 0.717) is 11.1 Å². The molecule has 1 unspecified atom stereocenters. The van der Waals surface area contributed by atoms with Gasteiger partial charge in [0.1, 0.15) is 0 Å². The van der Waals surface area contributed by atoms with Crippen LogP contribution in [0.3, 0.4) is 0 Å². The van der Waals surface area contributed by atoms with Crippen molar-refractivity contribution in [2.75, 3.05) is 6.54 Å². The van der Waals surface area contributed by atoms with Crippen LogP contribution in [0.1, 0.15) is 46.4 Å². The number of aromatic carboxylic acids is 1. The molecular formula is C22H21F5N2O3. The number of nitrogens with zero attached hydrogens (tertiary/aromatic N) is 1. The summed E-state index contributed by atoms with van der Waals surface area (Å²) in [5, 5.41) is 11.6. The van der Waals surface area contributed by atoms with Crippen LogP contribution in [0.25, 0.3) is 0 Å². The van der Waals surface area contributed by atoms with Crippen molar-refractivity contribution in [1.29, 1.82) is 0 Å². The SMILES string of the molecule is C[C@H](NC(=O)C1CC(F)(F)CN1Cc1ccc(C(F)(F)F)cc1)c1ccc(C(=O)O)cc1. The minimum absolute atomic E-state index is 0.0745. The van der Waals surface area contributed by atoms with E-state index in [4.69, 9.17) is 5.11 Å². The summed E-state index contributed by atoms with van der Waals surface area (Å²) in [4.78, 5) is 24.9. The van der Waals surface area contributed by atoms with E-state index in [-0.39, 0.29) is 12.1 Å². The van der Waals surface area contributed by atoms with Crippen molar-refractivity contribution >= 4 is 11.9 Å². The quantitative estimate of drug-likeness (QED) is 0.629. The van der Waals surface area contributed by atoms with Crippen LogP contribution in [-0.2, 0) is 17.5 Å². The smallest absolute Gasteiger partial charge is 0.416 e. The molecule has 0 saturated carbocycles. The Hall–Kier alpha value is -3.01. The second-order valence-electron chi connectivity index (χ2n) is 7.83. The number of carbonyl (C=O) groups excluding carboxylic acids is 1. The summed E-state index contributed by atoms with van der Waals surface area (Å²) in [5.41, 5.74) is 0.212. The molecule has 0 spiro atoms. The van der Waals surface area contributed by atoms with E-state index in [1.54, 1.807) is 6.92 Å². The molecule has 172 valence electrons. The Morgan fingerprint density at radius 2 is 1.72 bits per heavy atom. The van der Waals surface area contributed by atoms with Gasteiger partial charge in [0, 0.05) is 13.0 Å². The molecular weight excluding hydrogens is 435 g/mol. The van der Waals surface area contributed by atoms with Crippen molar-refractivity contribution in [1.82, 2.24) is 10.2 Å². The maximum absolute atomic E-state index is 14.1. The summed E-state index contributed by atoms with van der Waals surface area (Å²) in [6.45, 7) is 0.849. The number of nitrogens with one attached hydrogen (secondary N) is 1. The van der Waals surface area contributed by atoms with E-state index in [2.05, 4.69) is 5.32 Å². The van der Waals surface area contributed by atoms with Gasteiger partial charge < -0.3 is 10.4 Å². The molecule has 0 aromatic heterocycles. The number of halogens is 5. The van der Waals surface area contributed by atoms with Gasteiger partial charge in [0.2, 0.25) is 5.91 Å². The second kappa shape index (κ2) is 8.85. The Morgan fingerprint density at radius 1 is 1.12 bits per heavy atom. The zero-order chi connectivity index (χ0) is 23.7. The lowest BCUT2D eigenvalue weighted by atomic mass is 10.0. The maximum atomic E-state index is 14.1. The van der Waals surface area contributed by atoms with Crippen molar-refractivity contribution in [3.05, 3.63) is 70.8 Å². The van der Waals surface area contributed by atoms with E-state index in [1.807, 2.05) is 0 Å². The minimum atomic E-state index is -4.50. The topological polar surface area (TPSA) is 69.6 Å². The molecule has 1 saturated heterocycles. The van der Waals surface area contributed by atoms with Gasteiger partial charge in [-0.25, -0.2) is 13.6 Å². The van der Waals surface area contributed by atoms with Crippen LogP contribution in [0, 0.1) is 0 Å². The third-order valence-electron chi connectivity index (χ3n) is 5.35. The largest absolute Gasteiger partial charge is 0.478 e. The van der Waals surface area contributed by atoms with Gasteiger partial charge in [-0.1, -0.05) is 24.3 Å². The molecule has 2 aromatic carbocycles. The molecule has 32 heavy (non-hydrogen) atoms. The van der Waals surface area contributed by atoms with Crippen molar-refractivity contribution in [2.24, 2.45) is 0 Å². The minimum Gasteiger partial charge on any atom is -0.478 e. The number of benzene rings is 2. The third-order valence-corrected chi connectivity index (χ3v) is 5.35. The zero-order valence-corrected chi connectivity index (χ0v) is 17.0. The first-order valence-corrected chi connectivity index (χ1v) is 9.77. The number of alkyl halides is 5. The average Bonchev–Trinajstić information content (AvgIpc) is 3.02. The molecule has 2 atom stereocenters. The molecule has 0 bridgehead atoms. The Labute approximate surface area is 180 Å². The summed E-state index contributed by atoms with van der Waals surface area (Å²) < 4.78 is 66.3. The van der Waals surface area contributed by atoms with Crippen LogP contribution < -0.4 is 5.32 Å². The molecule has 1 heterocycles. The number of amides is 1. The summed E-state index contributed by atoms with van der Waals surface area (Å²) in [6, 6.07) is 8.25. The predicted octanol–water partition coefficient (Wildman–Crippen LogP) is 4.49. The van der Waals surface area contributed by atoms with Gasteiger partial charge in [0.15, 0.2) is 0 Å². The van der Waals surface area contributed by atoms with Crippen LogP contribution in [0.5, 0.6) is 0 Å². The highest BCUT2D eigenvalue weighted by atomic mass is 19.4. The van der Waals surface area contributed by atoms with Crippen molar-refractivity contribution in [3.63, 3.8) is 0 Å². The lowest BCUT2D eigenvalue weighted by Gasteiger charge is -2.25. The Kier molecular flexibility index (Phi) is 6.54. The second-order valence-corrected chi connectivity index (χ2v) is 7.83. The summed E-state index contributed by atoms with van der Waals surface area (Å²) in [7, 11) is 0. The van der Waals surface area contributed by atoms with Gasteiger partial charge in [-0.05, 0) is 42.3 Å². The fourth-order valence-corrected chi connectivity index (χ4v) is 3.65. The first-order chi connectivity index (χ1) is 14.9. The number of hydrogen-bond acceptors (Lipinski definition) is 3. The Morgan fingerprint density at radius 3 is 2.25 bits per heavy atom. The predicted molar refractivity (Wildman–Crippen MR) is 105 cm³/mol. The monoisotopic (exact) mass is 456 g/mol. The van der Waals surface area contributed by atoms with Gasteiger partial charge in [-0.3, -0.25) is 9.69 Å². The molecule has 2 aromatic rings. The van der Waals surface area contributed by atoms with E-state index in [0.717, 1.165) is 12.1 Å². The molecule has 5 nitrogen and oxygen atoms in total. The summed E-state index contributed by atoms with van der Waals surface area (Å²) >= 11 is 0. The molecule has 1 fully saturated rings. The molecule has 1 aliphatic rings. The summed E-state index contributed by atoms with van der Waals surface area (Å²) in [5.74, 6) is -4.84. The number of carboxylic acids is 1. The van der Waals surface area contributed by atoms with Crippen LogP contribution >= 0.6 is 0 Å². The molecule has 2 N–H and O–H groups in total. The molecule has 0 radical (unpaired) electrons. The van der Waals surface area contributed by atoms with E-state index in [9.17, 15) is 31.5 Å². The number of carbonyl (C=O) groups is 2. The normalized spacial score (nSPS) is 19.5. The number of rotatable bonds is 6. The van der Waals surface area contributed by atoms with E-state index in [1.165, 1.54) is 41.3 Å². The number of hydrogen-bond donors (Lipinski definition) is 2. The third kappa shape index (κ3) is 5.61. The number of carboxylic acid groups (broad SMARTS) is 1. The molecule has 1 amide bonds. The van der Waals surface area contributed by atoms with Gasteiger partial charge in [0.25, 0.3) is 5.92 Å². The van der Waals surface area contributed by atoms with Crippen molar-refractivity contribution in [3.8, 4) is 0 Å². The Balaban J connectivity index is 1.70. The van der Waals surface area contributed by atoms with Crippen LogP contribution in [0.2, 0.25) is 0 Å². The fraction of sp³-hybridized carbons (Fsp3) is 0.364. The van der Waals surface area contributed by atoms with Crippen LogP contribution in [0.15, 0.2) is 48.5 Å². The lowest BCUT2D eigenvalue weighted by Crippen LogP contribution is -2.43. The van der Waals surface area contributed by atoms with Crippen molar-refractivity contribution < 1.29 is 36.6 Å². The lowest BCUT2D eigenvalue weighted by molar-refractivity contribution is -0.137. The summed E-state index contributed by atoms with van der Waals surface area (Å²) in [6.07, 6.45) is -5.20. The fourth-order valence-electron chi connectivity index (χ4n) is 3.65. The maximum Gasteiger partial charge on any atom is 0.416 e. The zero-order valence-electron chi connectivity index (χ0n) is 17.0. The van der Waals surface area contributed by atoms with E-state index < -0.39 is 54.6 Å². The number of likely N-dealkylation sites (tertiary alicyclic amines) is 1. The van der Waals surface area contributed by atoms with Gasteiger partial charge in [0.05, 0.1) is 29.8 Å². The molecule has 0 aliphatic carbocycles.